The van der Waals surface area contributed by atoms with Crippen molar-refractivity contribution in [3.63, 3.8) is 0 Å². The second-order valence-electron chi connectivity index (χ2n) is 3.70. The molecule has 0 radical (unpaired) electrons. The van der Waals surface area contributed by atoms with Crippen LogP contribution in [0.25, 0.3) is 0 Å². The number of Topliss-reactive ketones (excluding diaryl/α,β-unsaturated/α-hetero) is 1. The average molecular weight is 151 g/mol. The molecular weight excluding hydrogens is 138 g/mol. The fourth-order valence-corrected chi connectivity index (χ4v) is 2.11. The van der Waals surface area contributed by atoms with Crippen LogP contribution < -0.4 is 0 Å². The Morgan fingerprint density at radius 2 is 2.45 bits per heavy atom. The molecule has 0 saturated carbocycles. The third-order valence-corrected chi connectivity index (χ3v) is 2.40. The van der Waals surface area contributed by atoms with Gasteiger partial charge in [-0.25, -0.2) is 0 Å². The first-order valence-corrected chi connectivity index (χ1v) is 4.14. The number of carbonyl (C=O) groups excluding carboxylic acids is 1. The lowest BCUT2D eigenvalue weighted by Gasteiger charge is -2.32. The first kappa shape index (κ1) is 7.04. The first-order chi connectivity index (χ1) is 5.24. The number of rotatable bonds is 0. The maximum atomic E-state index is 11.1. The van der Waals surface area contributed by atoms with Gasteiger partial charge < -0.3 is 4.90 Å². The fourth-order valence-electron chi connectivity index (χ4n) is 2.11. The van der Waals surface area contributed by atoms with E-state index in [-0.39, 0.29) is 0 Å². The van der Waals surface area contributed by atoms with Crippen LogP contribution in [0.5, 0.6) is 0 Å². The number of nitrogens with zero attached hydrogens (tertiary/aromatic N) is 1. The van der Waals surface area contributed by atoms with E-state index in [4.69, 9.17) is 0 Å². The van der Waals surface area contributed by atoms with Gasteiger partial charge in [-0.15, -0.1) is 0 Å². The molecule has 2 rings (SSSR count). The average Bonchev–Trinajstić information content (AvgIpc) is 1.82. The van der Waals surface area contributed by atoms with E-state index in [0.717, 1.165) is 19.5 Å². The van der Waals surface area contributed by atoms with Crippen molar-refractivity contribution < 1.29 is 4.79 Å². The van der Waals surface area contributed by atoms with Gasteiger partial charge in [0.1, 0.15) is 5.78 Å². The smallest absolute Gasteiger partial charge is 0.137 e. The lowest BCUT2D eigenvalue weighted by atomic mass is 9.86. The highest BCUT2D eigenvalue weighted by atomic mass is 16.1. The molecular formula is C9H13NO. The highest BCUT2D eigenvalue weighted by Crippen LogP contribution is 2.25. The minimum absolute atomic E-state index is 0.431. The molecule has 0 aromatic rings. The number of ketones is 1. The van der Waals surface area contributed by atoms with E-state index in [1.807, 2.05) is 0 Å². The van der Waals surface area contributed by atoms with Gasteiger partial charge in [0.05, 0.1) is 0 Å². The molecule has 0 amide bonds. The highest BCUT2D eigenvalue weighted by molar-refractivity contribution is 5.82. The van der Waals surface area contributed by atoms with Gasteiger partial charge in [-0.05, 0) is 13.0 Å². The molecule has 1 atom stereocenters. The summed E-state index contributed by atoms with van der Waals surface area (Å²) in [6.07, 6.45) is 3.77. The predicted molar refractivity (Wildman–Crippen MR) is 43.3 cm³/mol. The number of carbonyl (C=O) groups is 1. The van der Waals surface area contributed by atoms with Crippen LogP contribution in [0.1, 0.15) is 12.8 Å². The normalized spacial score (nSPS) is 31.9. The van der Waals surface area contributed by atoms with Crippen molar-refractivity contribution >= 4 is 5.78 Å². The van der Waals surface area contributed by atoms with E-state index >= 15 is 0 Å². The second kappa shape index (κ2) is 2.45. The number of likely N-dealkylation sites (tertiary alicyclic amines) is 1. The molecule has 11 heavy (non-hydrogen) atoms. The minimum atomic E-state index is 0.431. The molecule has 2 bridgehead atoms. The molecule has 0 N–H and O–H groups in total. The Morgan fingerprint density at radius 1 is 1.64 bits per heavy atom. The van der Waals surface area contributed by atoms with Crippen molar-refractivity contribution in [2.45, 2.75) is 12.8 Å². The van der Waals surface area contributed by atoms with E-state index in [2.05, 4.69) is 18.0 Å². The van der Waals surface area contributed by atoms with Crippen molar-refractivity contribution in [1.29, 1.82) is 0 Å². The third-order valence-electron chi connectivity index (χ3n) is 2.40. The van der Waals surface area contributed by atoms with Crippen LogP contribution in [0.2, 0.25) is 0 Å². The molecule has 0 spiro atoms. The molecule has 1 aliphatic heterocycles. The molecule has 2 heteroatoms. The van der Waals surface area contributed by atoms with Crippen LogP contribution >= 0.6 is 0 Å². The molecule has 0 saturated heterocycles. The van der Waals surface area contributed by atoms with Crippen LogP contribution in [0.4, 0.5) is 0 Å². The molecule has 60 valence electrons. The van der Waals surface area contributed by atoms with Crippen LogP contribution in [0.15, 0.2) is 11.6 Å². The van der Waals surface area contributed by atoms with Gasteiger partial charge in [0.25, 0.3) is 0 Å². The molecule has 2 aliphatic rings. The number of fused-ring (bicyclic) bond motifs is 1. The third kappa shape index (κ3) is 1.36. The largest absolute Gasteiger partial charge is 0.302 e. The summed E-state index contributed by atoms with van der Waals surface area (Å²) in [7, 11) is 2.12. The van der Waals surface area contributed by atoms with Gasteiger partial charge in [0.2, 0.25) is 0 Å². The summed E-state index contributed by atoms with van der Waals surface area (Å²) in [5.74, 6) is 0.950. The van der Waals surface area contributed by atoms with E-state index in [1.54, 1.807) is 0 Å². The molecule has 0 aromatic carbocycles. The Kier molecular flexibility index (Phi) is 1.57. The minimum Gasteiger partial charge on any atom is -0.302 e. The molecule has 1 aliphatic carbocycles. The van der Waals surface area contributed by atoms with E-state index < -0.39 is 0 Å². The van der Waals surface area contributed by atoms with Crippen molar-refractivity contribution in [2.24, 2.45) is 5.92 Å². The standard InChI is InChI=1S/C9H13NO/c1-10-5-7-2-8(6-10)4-9(11)3-7/h2,7H,3-6H2,1H3. The summed E-state index contributed by atoms with van der Waals surface area (Å²) >= 11 is 0. The zero-order valence-electron chi connectivity index (χ0n) is 6.84. The number of hydrogen-bond acceptors (Lipinski definition) is 2. The predicted octanol–water partition coefficient (Wildman–Crippen LogP) is 0.837. The van der Waals surface area contributed by atoms with Gasteiger partial charge >= 0.3 is 0 Å². The Morgan fingerprint density at radius 3 is 3.18 bits per heavy atom. The van der Waals surface area contributed by atoms with Crippen LogP contribution in [0, 0.1) is 5.92 Å². The van der Waals surface area contributed by atoms with E-state index in [1.165, 1.54) is 5.57 Å². The summed E-state index contributed by atoms with van der Waals surface area (Å²) in [4.78, 5) is 13.4. The summed E-state index contributed by atoms with van der Waals surface area (Å²) < 4.78 is 0. The van der Waals surface area contributed by atoms with Crippen LogP contribution in [-0.2, 0) is 4.79 Å². The lowest BCUT2D eigenvalue weighted by molar-refractivity contribution is -0.119. The van der Waals surface area contributed by atoms with Crippen LogP contribution in [0.3, 0.4) is 0 Å². The van der Waals surface area contributed by atoms with Gasteiger partial charge in [-0.3, -0.25) is 4.79 Å². The van der Waals surface area contributed by atoms with E-state index in [9.17, 15) is 4.79 Å². The Hall–Kier alpha value is -0.630. The van der Waals surface area contributed by atoms with Gasteiger partial charge in [-0.1, -0.05) is 11.6 Å². The maximum Gasteiger partial charge on any atom is 0.137 e. The quantitative estimate of drug-likeness (QED) is 0.478. The lowest BCUT2D eigenvalue weighted by Crippen LogP contribution is -2.36. The molecule has 2 nitrogen and oxygen atoms in total. The highest BCUT2D eigenvalue weighted by Gasteiger charge is 2.25. The van der Waals surface area contributed by atoms with Gasteiger partial charge in [0, 0.05) is 25.9 Å². The Balaban J connectivity index is 2.18. The maximum absolute atomic E-state index is 11.1. The zero-order chi connectivity index (χ0) is 7.84. The van der Waals surface area contributed by atoms with Crippen molar-refractivity contribution in [3.8, 4) is 0 Å². The SMILES string of the molecule is CN1CC2=CC(CC(=O)C2)C1. The Labute approximate surface area is 66.9 Å². The van der Waals surface area contributed by atoms with Gasteiger partial charge in [-0.2, -0.15) is 0 Å². The molecule has 0 aromatic heterocycles. The van der Waals surface area contributed by atoms with Crippen molar-refractivity contribution in [3.05, 3.63) is 11.6 Å². The van der Waals surface area contributed by atoms with E-state index in [0.29, 0.717) is 18.1 Å². The van der Waals surface area contributed by atoms with Crippen molar-refractivity contribution in [2.75, 3.05) is 20.1 Å². The topological polar surface area (TPSA) is 20.3 Å². The summed E-state index contributed by atoms with van der Waals surface area (Å²) in [6.45, 7) is 2.07. The fraction of sp³-hybridized carbons (Fsp3) is 0.667. The zero-order valence-corrected chi connectivity index (χ0v) is 6.84. The summed E-state index contributed by atoms with van der Waals surface area (Å²) in [6, 6.07) is 0. The monoisotopic (exact) mass is 151 g/mol. The van der Waals surface area contributed by atoms with Crippen LogP contribution in [-0.4, -0.2) is 30.8 Å². The summed E-state index contributed by atoms with van der Waals surface area (Å²) in [5, 5.41) is 0. The number of hydrogen-bond donors (Lipinski definition) is 0. The van der Waals surface area contributed by atoms with Crippen molar-refractivity contribution in [1.82, 2.24) is 4.90 Å². The molecule has 1 unspecified atom stereocenters. The summed E-state index contributed by atoms with van der Waals surface area (Å²) in [5.41, 5.74) is 1.33. The van der Waals surface area contributed by atoms with Gasteiger partial charge in [0.15, 0.2) is 0 Å². The first-order valence-electron chi connectivity index (χ1n) is 4.14. The number of likely N-dealkylation sites (N-methyl/N-ethyl adjacent to an activating group) is 1. The second-order valence-corrected chi connectivity index (χ2v) is 3.70. The molecule has 0 fully saturated rings. The Bertz CT molecular complexity index is 220. The molecule has 1 heterocycles.